The summed E-state index contributed by atoms with van der Waals surface area (Å²) < 4.78 is 13.5. The van der Waals surface area contributed by atoms with E-state index < -0.39 is 6.03 Å². The van der Waals surface area contributed by atoms with E-state index in [4.69, 9.17) is 5.73 Å². The number of nitrogens with two attached hydrogens (primary N) is 1. The zero-order valence-electron chi connectivity index (χ0n) is 11.1. The Kier molecular flexibility index (Phi) is 4.20. The van der Waals surface area contributed by atoms with E-state index in [9.17, 15) is 9.18 Å². The first kappa shape index (κ1) is 13.9. The van der Waals surface area contributed by atoms with Gasteiger partial charge < -0.3 is 16.4 Å². The fourth-order valence-electron chi connectivity index (χ4n) is 1.89. The highest BCUT2D eigenvalue weighted by Crippen LogP contribution is 2.22. The quantitative estimate of drug-likeness (QED) is 0.798. The van der Waals surface area contributed by atoms with Gasteiger partial charge in [0, 0.05) is 11.7 Å². The molecule has 0 aliphatic carbocycles. The van der Waals surface area contributed by atoms with Crippen LogP contribution in [0.4, 0.5) is 20.6 Å². The first-order chi connectivity index (χ1) is 9.56. The molecule has 2 rings (SSSR count). The molecule has 5 heteroatoms. The van der Waals surface area contributed by atoms with E-state index in [1.165, 1.54) is 6.07 Å². The van der Waals surface area contributed by atoms with E-state index in [-0.39, 0.29) is 11.9 Å². The van der Waals surface area contributed by atoms with Crippen molar-refractivity contribution in [3.8, 4) is 0 Å². The maximum absolute atomic E-state index is 13.5. The Morgan fingerprint density at radius 2 is 1.80 bits per heavy atom. The SMILES string of the molecule is CC(Nc1ccccc1F)c1ccc(NC(N)=O)cc1. The number of para-hydroxylation sites is 1. The third kappa shape index (κ3) is 3.47. The summed E-state index contributed by atoms with van der Waals surface area (Å²) in [6.07, 6.45) is 0. The maximum atomic E-state index is 13.5. The van der Waals surface area contributed by atoms with Crippen LogP contribution in [0.3, 0.4) is 0 Å². The minimum absolute atomic E-state index is 0.0606. The summed E-state index contributed by atoms with van der Waals surface area (Å²) in [6.45, 7) is 1.93. The number of urea groups is 1. The number of hydrogen-bond donors (Lipinski definition) is 3. The number of amides is 2. The van der Waals surface area contributed by atoms with Gasteiger partial charge >= 0.3 is 6.03 Å². The number of hydrogen-bond acceptors (Lipinski definition) is 2. The molecule has 2 amide bonds. The van der Waals surface area contributed by atoms with Crippen LogP contribution in [0.1, 0.15) is 18.5 Å². The summed E-state index contributed by atoms with van der Waals surface area (Å²) in [5, 5.41) is 5.59. The molecule has 4 nitrogen and oxygen atoms in total. The summed E-state index contributed by atoms with van der Waals surface area (Å²) >= 11 is 0. The van der Waals surface area contributed by atoms with Crippen molar-refractivity contribution in [2.24, 2.45) is 5.73 Å². The van der Waals surface area contributed by atoms with E-state index in [0.717, 1.165) is 5.56 Å². The number of nitrogens with one attached hydrogen (secondary N) is 2. The first-order valence-corrected chi connectivity index (χ1v) is 6.24. The molecule has 0 fully saturated rings. The number of carbonyl (C=O) groups excluding carboxylic acids is 1. The number of rotatable bonds is 4. The van der Waals surface area contributed by atoms with Crippen LogP contribution in [0.15, 0.2) is 48.5 Å². The number of anilines is 2. The number of benzene rings is 2. The Labute approximate surface area is 116 Å². The molecule has 0 saturated carbocycles. The molecule has 0 spiro atoms. The van der Waals surface area contributed by atoms with Crippen LogP contribution in [-0.2, 0) is 0 Å². The fraction of sp³-hybridized carbons (Fsp3) is 0.133. The van der Waals surface area contributed by atoms with Crippen LogP contribution >= 0.6 is 0 Å². The van der Waals surface area contributed by atoms with Gasteiger partial charge in [-0.05, 0) is 36.8 Å². The van der Waals surface area contributed by atoms with Gasteiger partial charge in [0.25, 0.3) is 0 Å². The standard InChI is InChI=1S/C15H16FN3O/c1-10(18-14-5-3-2-4-13(14)16)11-6-8-12(9-7-11)19-15(17)20/h2-10,18H,1H3,(H3,17,19,20). The lowest BCUT2D eigenvalue weighted by atomic mass is 10.1. The van der Waals surface area contributed by atoms with Gasteiger partial charge in [0.15, 0.2) is 0 Å². The van der Waals surface area contributed by atoms with Crippen molar-refractivity contribution in [1.82, 2.24) is 0 Å². The fourth-order valence-corrected chi connectivity index (χ4v) is 1.89. The molecule has 20 heavy (non-hydrogen) atoms. The van der Waals surface area contributed by atoms with Crippen LogP contribution in [0, 0.1) is 5.82 Å². The normalized spacial score (nSPS) is 11.7. The van der Waals surface area contributed by atoms with Crippen molar-refractivity contribution in [2.75, 3.05) is 10.6 Å². The smallest absolute Gasteiger partial charge is 0.316 e. The molecule has 2 aromatic carbocycles. The highest BCUT2D eigenvalue weighted by molar-refractivity contribution is 5.87. The molecule has 0 radical (unpaired) electrons. The molecule has 0 aliphatic heterocycles. The highest BCUT2D eigenvalue weighted by Gasteiger charge is 2.08. The Balaban J connectivity index is 2.08. The van der Waals surface area contributed by atoms with Gasteiger partial charge in [0.2, 0.25) is 0 Å². The van der Waals surface area contributed by atoms with E-state index in [1.807, 2.05) is 19.1 Å². The molecule has 0 heterocycles. The second-order valence-electron chi connectivity index (χ2n) is 4.46. The highest BCUT2D eigenvalue weighted by atomic mass is 19.1. The molecule has 0 aromatic heterocycles. The number of carbonyl (C=O) groups is 1. The van der Waals surface area contributed by atoms with Gasteiger partial charge in [0.1, 0.15) is 5.82 Å². The van der Waals surface area contributed by atoms with Crippen LogP contribution < -0.4 is 16.4 Å². The predicted octanol–water partition coefficient (Wildman–Crippen LogP) is 3.49. The van der Waals surface area contributed by atoms with Gasteiger partial charge in [0.05, 0.1) is 5.69 Å². The third-order valence-electron chi connectivity index (χ3n) is 2.92. The average Bonchev–Trinajstić information content (AvgIpc) is 2.41. The lowest BCUT2D eigenvalue weighted by Gasteiger charge is -2.16. The van der Waals surface area contributed by atoms with Gasteiger partial charge in [-0.1, -0.05) is 24.3 Å². The molecule has 0 aliphatic rings. The molecule has 0 bridgehead atoms. The molecule has 4 N–H and O–H groups in total. The molecule has 0 saturated heterocycles. The van der Waals surface area contributed by atoms with Gasteiger partial charge in [-0.2, -0.15) is 0 Å². The van der Waals surface area contributed by atoms with Crippen LogP contribution in [-0.4, -0.2) is 6.03 Å². The Hall–Kier alpha value is -2.56. The van der Waals surface area contributed by atoms with Crippen molar-refractivity contribution in [3.63, 3.8) is 0 Å². The zero-order valence-corrected chi connectivity index (χ0v) is 11.1. The lowest BCUT2D eigenvalue weighted by Crippen LogP contribution is -2.19. The van der Waals surface area contributed by atoms with Crippen molar-refractivity contribution in [2.45, 2.75) is 13.0 Å². The van der Waals surface area contributed by atoms with E-state index >= 15 is 0 Å². The van der Waals surface area contributed by atoms with E-state index in [0.29, 0.717) is 11.4 Å². The first-order valence-electron chi connectivity index (χ1n) is 6.24. The van der Waals surface area contributed by atoms with E-state index in [1.54, 1.807) is 30.3 Å². The van der Waals surface area contributed by atoms with E-state index in [2.05, 4.69) is 10.6 Å². The Bertz CT molecular complexity index is 598. The minimum atomic E-state index is -0.602. The van der Waals surface area contributed by atoms with Gasteiger partial charge in [-0.15, -0.1) is 0 Å². The minimum Gasteiger partial charge on any atom is -0.376 e. The summed E-state index contributed by atoms with van der Waals surface area (Å²) in [7, 11) is 0. The second-order valence-corrected chi connectivity index (χ2v) is 4.46. The molecular formula is C15H16FN3O. The summed E-state index contributed by atoms with van der Waals surface area (Å²) in [5.74, 6) is -0.286. The molecule has 104 valence electrons. The lowest BCUT2D eigenvalue weighted by molar-refractivity contribution is 0.259. The summed E-state index contributed by atoms with van der Waals surface area (Å²) in [6, 6.07) is 13.1. The predicted molar refractivity (Wildman–Crippen MR) is 78.1 cm³/mol. The number of halogens is 1. The largest absolute Gasteiger partial charge is 0.376 e. The van der Waals surface area contributed by atoms with Crippen molar-refractivity contribution < 1.29 is 9.18 Å². The molecular weight excluding hydrogens is 257 g/mol. The Morgan fingerprint density at radius 3 is 2.40 bits per heavy atom. The van der Waals surface area contributed by atoms with Crippen LogP contribution in [0.25, 0.3) is 0 Å². The molecule has 1 atom stereocenters. The van der Waals surface area contributed by atoms with Crippen molar-refractivity contribution >= 4 is 17.4 Å². The monoisotopic (exact) mass is 273 g/mol. The topological polar surface area (TPSA) is 67.2 Å². The van der Waals surface area contributed by atoms with Crippen molar-refractivity contribution in [3.05, 3.63) is 59.9 Å². The average molecular weight is 273 g/mol. The van der Waals surface area contributed by atoms with Crippen molar-refractivity contribution in [1.29, 1.82) is 0 Å². The second kappa shape index (κ2) is 6.06. The molecule has 2 aromatic rings. The summed E-state index contributed by atoms with van der Waals surface area (Å²) in [5.41, 5.74) is 7.09. The number of primary amides is 1. The van der Waals surface area contributed by atoms with Crippen LogP contribution in [0.2, 0.25) is 0 Å². The van der Waals surface area contributed by atoms with Gasteiger partial charge in [-0.3, -0.25) is 0 Å². The van der Waals surface area contributed by atoms with Crippen LogP contribution in [0.5, 0.6) is 0 Å². The zero-order chi connectivity index (χ0) is 14.5. The maximum Gasteiger partial charge on any atom is 0.316 e. The molecule has 1 unspecified atom stereocenters. The van der Waals surface area contributed by atoms with Gasteiger partial charge in [-0.25, -0.2) is 9.18 Å². The Morgan fingerprint density at radius 1 is 1.15 bits per heavy atom. The third-order valence-corrected chi connectivity index (χ3v) is 2.92. The summed E-state index contributed by atoms with van der Waals surface area (Å²) in [4.78, 5) is 10.7.